The molecule has 2 saturated heterocycles. The Morgan fingerprint density at radius 1 is 1.09 bits per heavy atom. The molecule has 4 bridgehead atoms. The number of sulfonamides is 1. The number of ketones is 2. The summed E-state index contributed by atoms with van der Waals surface area (Å²) < 4.78 is 40.6. The average molecular weight is 642 g/mol. The molecule has 5 saturated carbocycles. The number of hydrogen-bond donors (Lipinski definition) is 3. The number of rotatable bonds is 6. The lowest BCUT2D eigenvalue weighted by molar-refractivity contribution is -0.437. The number of aliphatic hydroxyl groups excluding tert-OH is 1. The van der Waals surface area contributed by atoms with Crippen LogP contribution in [0.2, 0.25) is 0 Å². The van der Waals surface area contributed by atoms with Crippen molar-refractivity contribution in [1.29, 1.82) is 0 Å². The van der Waals surface area contributed by atoms with E-state index < -0.39 is 79.7 Å². The van der Waals surface area contributed by atoms with Gasteiger partial charge in [-0.3, -0.25) is 14.4 Å². The molecule has 45 heavy (non-hydrogen) atoms. The standard InChI is InChI=1S/C34H43NO9S/c1-19-23-13-14-24-32-18-43-34(40,28(38)26(32)31(2,3)16-15-25(32)36)33(24,27(19)37)29(23)44-30(39)21-9-11-22(12-10-21)35-45(41,42)17-20-7-5-4-6-8-20/h4-8,21-24,26,28-29,35,38,40H,1,9-18H2,2-3H3/t21?,22?,23-,24-,26+,28-,29+,32+,33-,34-/m0/s1. The molecule has 0 aromatic heterocycles. The van der Waals surface area contributed by atoms with Gasteiger partial charge in [0.2, 0.25) is 15.8 Å². The fraction of sp³-hybridized carbons (Fsp3) is 0.676. The van der Waals surface area contributed by atoms with Crippen molar-refractivity contribution >= 4 is 27.6 Å². The van der Waals surface area contributed by atoms with Gasteiger partial charge in [0.15, 0.2) is 5.78 Å². The second kappa shape index (κ2) is 10.3. The van der Waals surface area contributed by atoms with Gasteiger partial charge in [-0.15, -0.1) is 0 Å². The molecule has 7 aliphatic rings. The van der Waals surface area contributed by atoms with Gasteiger partial charge >= 0.3 is 5.97 Å². The molecule has 2 spiro atoms. The number of fused-ring (bicyclic) bond motifs is 2. The molecule has 2 heterocycles. The van der Waals surface area contributed by atoms with Crippen molar-refractivity contribution in [3.8, 4) is 0 Å². The number of hydrogen-bond acceptors (Lipinski definition) is 9. The van der Waals surface area contributed by atoms with Crippen LogP contribution in [-0.2, 0) is 39.6 Å². The first-order chi connectivity index (χ1) is 21.2. The van der Waals surface area contributed by atoms with E-state index >= 15 is 0 Å². The van der Waals surface area contributed by atoms with Crippen molar-refractivity contribution in [1.82, 2.24) is 4.72 Å². The maximum atomic E-state index is 14.3. The normalized spacial score (nSPS) is 43.5. The lowest BCUT2D eigenvalue weighted by atomic mass is 9.36. The summed E-state index contributed by atoms with van der Waals surface area (Å²) in [6, 6.07) is 8.62. The molecule has 3 N–H and O–H groups in total. The molecule has 11 heteroatoms. The number of ether oxygens (including phenoxy) is 2. The molecule has 0 radical (unpaired) electrons. The van der Waals surface area contributed by atoms with Crippen molar-refractivity contribution < 1.29 is 42.5 Å². The van der Waals surface area contributed by atoms with Gasteiger partial charge in [-0.25, -0.2) is 13.1 Å². The van der Waals surface area contributed by atoms with Crippen LogP contribution >= 0.6 is 0 Å². The summed E-state index contributed by atoms with van der Waals surface area (Å²) in [6.07, 6.45) is 0.780. The van der Waals surface area contributed by atoms with E-state index in [1.807, 2.05) is 19.9 Å². The van der Waals surface area contributed by atoms with Crippen LogP contribution in [-0.4, -0.2) is 66.8 Å². The Kier molecular flexibility index (Phi) is 7.12. The zero-order valence-corrected chi connectivity index (χ0v) is 26.7. The number of aliphatic hydroxyl groups is 2. The van der Waals surface area contributed by atoms with Gasteiger partial charge in [0, 0.05) is 24.3 Å². The molecule has 8 rings (SSSR count). The molecule has 10 nitrogen and oxygen atoms in total. The minimum absolute atomic E-state index is 0.0705. The Morgan fingerprint density at radius 2 is 1.78 bits per heavy atom. The SMILES string of the molecule is C=C1C(=O)[C@]23[C@H](OC(=O)C4CCC(NS(=O)(=O)Cc5ccccc5)CC4)[C@H]1CC[C@H]2[C@@]12CO[C@@]3(O)[C@@H](O)[C@@H]1C(C)(C)CCC2=O. The van der Waals surface area contributed by atoms with E-state index in [4.69, 9.17) is 9.47 Å². The van der Waals surface area contributed by atoms with Gasteiger partial charge in [0.05, 0.1) is 23.7 Å². The molecular formula is C34H43NO9S. The van der Waals surface area contributed by atoms with Crippen LogP contribution in [0.5, 0.6) is 0 Å². The summed E-state index contributed by atoms with van der Waals surface area (Å²) >= 11 is 0. The molecule has 8 atom stereocenters. The van der Waals surface area contributed by atoms with Gasteiger partial charge in [0.1, 0.15) is 23.4 Å². The first-order valence-electron chi connectivity index (χ1n) is 16.2. The molecule has 7 fully saturated rings. The first kappa shape index (κ1) is 31.2. The molecule has 244 valence electrons. The van der Waals surface area contributed by atoms with Crippen molar-refractivity contribution in [2.45, 2.75) is 95.0 Å². The molecule has 0 unspecified atom stereocenters. The van der Waals surface area contributed by atoms with E-state index in [-0.39, 0.29) is 36.2 Å². The highest BCUT2D eigenvalue weighted by Crippen LogP contribution is 2.76. The average Bonchev–Trinajstić information content (AvgIpc) is 3.10. The van der Waals surface area contributed by atoms with E-state index in [1.54, 1.807) is 24.3 Å². The Bertz CT molecular complexity index is 1550. The molecule has 2 aliphatic heterocycles. The van der Waals surface area contributed by atoms with Crippen LogP contribution in [0.25, 0.3) is 0 Å². The maximum Gasteiger partial charge on any atom is 0.309 e. The van der Waals surface area contributed by atoms with Gasteiger partial charge < -0.3 is 19.7 Å². The molecule has 5 aliphatic carbocycles. The van der Waals surface area contributed by atoms with Crippen LogP contribution in [0.15, 0.2) is 42.5 Å². The Morgan fingerprint density at radius 3 is 2.47 bits per heavy atom. The van der Waals surface area contributed by atoms with Crippen LogP contribution < -0.4 is 4.72 Å². The number of nitrogens with one attached hydrogen (secondary N) is 1. The Balaban J connectivity index is 1.12. The van der Waals surface area contributed by atoms with Gasteiger partial charge in [-0.2, -0.15) is 0 Å². The minimum Gasteiger partial charge on any atom is -0.460 e. The Hall–Kier alpha value is -2.44. The van der Waals surface area contributed by atoms with Gasteiger partial charge in [0.25, 0.3) is 0 Å². The van der Waals surface area contributed by atoms with Crippen LogP contribution in [0, 0.1) is 39.9 Å². The van der Waals surface area contributed by atoms with E-state index in [2.05, 4.69) is 11.3 Å². The van der Waals surface area contributed by atoms with Crippen LogP contribution in [0.4, 0.5) is 0 Å². The summed E-state index contributed by atoms with van der Waals surface area (Å²) in [5.41, 5.74) is -2.58. The van der Waals surface area contributed by atoms with Crippen molar-refractivity contribution in [3.05, 3.63) is 48.0 Å². The van der Waals surface area contributed by atoms with Crippen LogP contribution in [0.3, 0.4) is 0 Å². The van der Waals surface area contributed by atoms with Crippen LogP contribution in [0.1, 0.15) is 70.8 Å². The van der Waals surface area contributed by atoms with Crippen molar-refractivity contribution in [2.24, 2.45) is 39.9 Å². The lowest BCUT2D eigenvalue weighted by Crippen LogP contribution is -2.85. The highest BCUT2D eigenvalue weighted by molar-refractivity contribution is 7.88. The largest absolute Gasteiger partial charge is 0.460 e. The third-order valence-corrected chi connectivity index (χ3v) is 13.9. The number of benzene rings is 1. The quantitative estimate of drug-likeness (QED) is 0.314. The monoisotopic (exact) mass is 641 g/mol. The third kappa shape index (κ3) is 4.19. The van der Waals surface area contributed by atoms with E-state index in [9.17, 15) is 33.0 Å². The smallest absolute Gasteiger partial charge is 0.309 e. The summed E-state index contributed by atoms with van der Waals surface area (Å²) in [4.78, 5) is 42.0. The number of esters is 1. The van der Waals surface area contributed by atoms with Gasteiger partial charge in [-0.1, -0.05) is 50.8 Å². The highest BCUT2D eigenvalue weighted by Gasteiger charge is 2.88. The zero-order valence-electron chi connectivity index (χ0n) is 25.9. The second-order valence-corrected chi connectivity index (χ2v) is 16.8. The number of Topliss-reactive ketones (excluding diaryl/α,β-unsaturated/α-hetero) is 2. The summed E-state index contributed by atoms with van der Waals surface area (Å²) in [5, 5.41) is 24.2. The fourth-order valence-corrected chi connectivity index (χ4v) is 12.0. The predicted octanol–water partition coefficient (Wildman–Crippen LogP) is 2.81. The molecular weight excluding hydrogens is 598 g/mol. The van der Waals surface area contributed by atoms with Crippen molar-refractivity contribution in [3.63, 3.8) is 0 Å². The number of carbonyl (C=O) groups excluding carboxylic acids is 3. The lowest BCUT2D eigenvalue weighted by Gasteiger charge is -2.73. The van der Waals surface area contributed by atoms with Crippen molar-refractivity contribution in [2.75, 3.05) is 6.61 Å². The fourth-order valence-electron chi connectivity index (χ4n) is 10.5. The predicted molar refractivity (Wildman–Crippen MR) is 161 cm³/mol. The first-order valence-corrected chi connectivity index (χ1v) is 17.9. The zero-order chi connectivity index (χ0) is 32.2. The summed E-state index contributed by atoms with van der Waals surface area (Å²) in [5.74, 6) is -5.91. The highest BCUT2D eigenvalue weighted by atomic mass is 32.2. The third-order valence-electron chi connectivity index (χ3n) is 12.5. The summed E-state index contributed by atoms with van der Waals surface area (Å²) in [6.45, 7) is 7.95. The Labute approximate surface area is 264 Å². The summed E-state index contributed by atoms with van der Waals surface area (Å²) in [7, 11) is -3.57. The van der Waals surface area contributed by atoms with E-state index in [0.29, 0.717) is 50.5 Å². The maximum absolute atomic E-state index is 14.3. The van der Waals surface area contributed by atoms with Gasteiger partial charge in [-0.05, 0) is 67.4 Å². The second-order valence-electron chi connectivity index (χ2n) is 15.1. The van der Waals surface area contributed by atoms with E-state index in [0.717, 1.165) is 0 Å². The molecule has 0 amide bonds. The van der Waals surface area contributed by atoms with E-state index in [1.165, 1.54) is 0 Å². The molecule has 1 aromatic carbocycles. The topological polar surface area (TPSA) is 156 Å². The molecule has 1 aromatic rings. The number of carbonyl (C=O) groups is 3. The minimum atomic E-state index is -3.57.